The lowest BCUT2D eigenvalue weighted by Gasteiger charge is -2.09. The van der Waals surface area contributed by atoms with Crippen LogP contribution in [0.2, 0.25) is 0 Å². The molecule has 104 valence electrons. The van der Waals surface area contributed by atoms with E-state index in [-0.39, 0.29) is 30.3 Å². The summed E-state index contributed by atoms with van der Waals surface area (Å²) >= 11 is 0. The van der Waals surface area contributed by atoms with Gasteiger partial charge in [-0.3, -0.25) is 4.79 Å². The van der Waals surface area contributed by atoms with Crippen LogP contribution in [0.4, 0.5) is 8.78 Å². The average molecular weight is 269 g/mol. The number of aliphatic hydroxyl groups is 1. The van der Waals surface area contributed by atoms with Gasteiger partial charge in [-0.1, -0.05) is 13.0 Å². The number of amides is 1. The fraction of sp³-hybridized carbons (Fsp3) is 0.500. The molecule has 1 aromatic rings. The number of nitrogens with one attached hydrogen (secondary N) is 1. The fourth-order valence-corrected chi connectivity index (χ4v) is 2.07. The van der Waals surface area contributed by atoms with Crippen LogP contribution in [0, 0.1) is 23.5 Å². The van der Waals surface area contributed by atoms with Crippen LogP contribution in [-0.4, -0.2) is 24.2 Å². The summed E-state index contributed by atoms with van der Waals surface area (Å²) < 4.78 is 25.9. The van der Waals surface area contributed by atoms with Crippen LogP contribution in [-0.2, 0) is 4.79 Å². The Balaban J connectivity index is 1.89. The van der Waals surface area contributed by atoms with Gasteiger partial charge in [0.15, 0.2) is 11.6 Å². The van der Waals surface area contributed by atoms with Gasteiger partial charge in [-0.05, 0) is 36.0 Å². The molecule has 0 radical (unpaired) electrons. The number of rotatable bonds is 5. The van der Waals surface area contributed by atoms with E-state index in [9.17, 15) is 13.6 Å². The Morgan fingerprint density at radius 2 is 2.21 bits per heavy atom. The first kappa shape index (κ1) is 13.9. The highest BCUT2D eigenvalue weighted by atomic mass is 19.2. The maximum Gasteiger partial charge on any atom is 0.223 e. The highest BCUT2D eigenvalue weighted by molar-refractivity contribution is 5.82. The predicted molar refractivity (Wildman–Crippen MR) is 66.5 cm³/mol. The quantitative estimate of drug-likeness (QED) is 0.856. The van der Waals surface area contributed by atoms with Gasteiger partial charge in [-0.15, -0.1) is 0 Å². The van der Waals surface area contributed by atoms with Gasteiger partial charge < -0.3 is 10.4 Å². The minimum atomic E-state index is -0.877. The van der Waals surface area contributed by atoms with Crippen LogP contribution >= 0.6 is 0 Å². The number of carbonyl (C=O) groups excluding carboxylic acids is 1. The summed E-state index contributed by atoms with van der Waals surface area (Å²) in [4.78, 5) is 11.8. The molecule has 2 N–H and O–H groups in total. The van der Waals surface area contributed by atoms with E-state index in [0.29, 0.717) is 18.5 Å². The van der Waals surface area contributed by atoms with Crippen molar-refractivity contribution in [2.75, 3.05) is 13.2 Å². The Bertz CT molecular complexity index is 479. The van der Waals surface area contributed by atoms with Crippen molar-refractivity contribution in [1.29, 1.82) is 0 Å². The topological polar surface area (TPSA) is 49.3 Å². The zero-order valence-electron chi connectivity index (χ0n) is 10.7. The molecule has 2 rings (SSSR count). The number of aliphatic hydroxyl groups excluding tert-OH is 1. The number of benzene rings is 1. The third-order valence-electron chi connectivity index (χ3n) is 3.44. The van der Waals surface area contributed by atoms with Crippen LogP contribution in [0.3, 0.4) is 0 Å². The summed E-state index contributed by atoms with van der Waals surface area (Å²) in [6, 6.07) is 3.77. The molecule has 0 aliphatic heterocycles. The summed E-state index contributed by atoms with van der Waals surface area (Å²) in [6.45, 7) is 2.29. The third kappa shape index (κ3) is 3.29. The molecule has 5 heteroatoms. The van der Waals surface area contributed by atoms with Gasteiger partial charge >= 0.3 is 0 Å². The summed E-state index contributed by atoms with van der Waals surface area (Å²) in [5.74, 6) is -2.02. The van der Waals surface area contributed by atoms with Crippen LogP contribution in [0.1, 0.15) is 24.8 Å². The molecule has 0 spiro atoms. The molecule has 1 saturated carbocycles. The largest absolute Gasteiger partial charge is 0.396 e. The molecule has 0 heterocycles. The first-order valence-corrected chi connectivity index (χ1v) is 6.36. The van der Waals surface area contributed by atoms with E-state index in [4.69, 9.17) is 5.11 Å². The van der Waals surface area contributed by atoms with Crippen molar-refractivity contribution in [3.05, 3.63) is 35.4 Å². The van der Waals surface area contributed by atoms with Crippen LogP contribution < -0.4 is 5.32 Å². The second-order valence-corrected chi connectivity index (χ2v) is 5.16. The van der Waals surface area contributed by atoms with Crippen molar-refractivity contribution in [3.8, 4) is 0 Å². The highest BCUT2D eigenvalue weighted by Gasteiger charge is 2.44. The molecule has 3 atom stereocenters. The van der Waals surface area contributed by atoms with Gasteiger partial charge in [0.2, 0.25) is 5.91 Å². The molecule has 0 saturated heterocycles. The van der Waals surface area contributed by atoms with Gasteiger partial charge in [0.05, 0.1) is 0 Å². The van der Waals surface area contributed by atoms with E-state index in [2.05, 4.69) is 5.32 Å². The predicted octanol–water partition coefficient (Wildman–Crippen LogP) is 1.81. The Morgan fingerprint density at radius 3 is 2.84 bits per heavy atom. The minimum absolute atomic E-state index is 0.0180. The number of hydrogen-bond acceptors (Lipinski definition) is 2. The van der Waals surface area contributed by atoms with Crippen molar-refractivity contribution >= 4 is 5.91 Å². The van der Waals surface area contributed by atoms with Crippen molar-refractivity contribution in [1.82, 2.24) is 5.32 Å². The Hall–Kier alpha value is -1.49. The molecular formula is C14H17F2NO2. The molecule has 0 aromatic heterocycles. The molecule has 3 nitrogen and oxygen atoms in total. The lowest BCUT2D eigenvalue weighted by atomic mass is 10.1. The van der Waals surface area contributed by atoms with Gasteiger partial charge in [0.1, 0.15) is 0 Å². The number of halogens is 2. The second-order valence-electron chi connectivity index (χ2n) is 5.16. The number of hydrogen-bond donors (Lipinski definition) is 2. The molecule has 1 fully saturated rings. The average Bonchev–Trinajstić information content (AvgIpc) is 3.19. The zero-order valence-corrected chi connectivity index (χ0v) is 10.7. The fourth-order valence-electron chi connectivity index (χ4n) is 2.07. The smallest absolute Gasteiger partial charge is 0.223 e. The second kappa shape index (κ2) is 5.65. The maximum absolute atomic E-state index is 13.1. The van der Waals surface area contributed by atoms with Crippen molar-refractivity contribution in [2.45, 2.75) is 19.3 Å². The normalized spacial score (nSPS) is 22.9. The van der Waals surface area contributed by atoms with Gasteiger partial charge in [-0.25, -0.2) is 8.78 Å². The molecule has 1 amide bonds. The first-order chi connectivity index (χ1) is 9.02. The van der Waals surface area contributed by atoms with E-state index in [1.165, 1.54) is 6.07 Å². The summed E-state index contributed by atoms with van der Waals surface area (Å²) in [5, 5.41) is 11.6. The first-order valence-electron chi connectivity index (χ1n) is 6.36. The highest BCUT2D eigenvalue weighted by Crippen LogP contribution is 2.47. The monoisotopic (exact) mass is 269 g/mol. The Labute approximate surface area is 110 Å². The molecule has 3 unspecified atom stereocenters. The Morgan fingerprint density at radius 1 is 1.47 bits per heavy atom. The van der Waals surface area contributed by atoms with Crippen molar-refractivity contribution in [3.63, 3.8) is 0 Å². The van der Waals surface area contributed by atoms with Crippen LogP contribution in [0.15, 0.2) is 18.2 Å². The lowest BCUT2D eigenvalue weighted by Crippen LogP contribution is -2.31. The van der Waals surface area contributed by atoms with Gasteiger partial charge in [-0.2, -0.15) is 0 Å². The summed E-state index contributed by atoms with van der Waals surface area (Å²) in [5.41, 5.74) is 0.661. The lowest BCUT2D eigenvalue weighted by molar-refractivity contribution is -0.122. The number of carbonyl (C=O) groups is 1. The molecule has 1 aliphatic rings. The summed E-state index contributed by atoms with van der Waals surface area (Å²) in [7, 11) is 0. The van der Waals surface area contributed by atoms with E-state index < -0.39 is 11.6 Å². The van der Waals surface area contributed by atoms with E-state index >= 15 is 0 Å². The molecule has 19 heavy (non-hydrogen) atoms. The minimum Gasteiger partial charge on any atom is -0.396 e. The van der Waals surface area contributed by atoms with Crippen LogP contribution in [0.25, 0.3) is 0 Å². The molecular weight excluding hydrogens is 252 g/mol. The SMILES string of the molecule is CC(CO)CNC(=O)C1CC1c1ccc(F)c(F)c1. The van der Waals surface area contributed by atoms with Crippen molar-refractivity contribution < 1.29 is 18.7 Å². The maximum atomic E-state index is 13.1. The Kier molecular flexibility index (Phi) is 4.14. The van der Waals surface area contributed by atoms with Gasteiger partial charge in [0, 0.05) is 19.1 Å². The summed E-state index contributed by atoms with van der Waals surface area (Å²) in [6.07, 6.45) is 0.657. The van der Waals surface area contributed by atoms with Crippen molar-refractivity contribution in [2.24, 2.45) is 11.8 Å². The van der Waals surface area contributed by atoms with Crippen LogP contribution in [0.5, 0.6) is 0 Å². The standard InChI is InChI=1S/C14H17F2NO2/c1-8(7-18)6-17-14(19)11-5-10(11)9-2-3-12(15)13(16)4-9/h2-4,8,10-11,18H,5-7H2,1H3,(H,17,19). The molecule has 1 aliphatic carbocycles. The van der Waals surface area contributed by atoms with E-state index in [1.54, 1.807) is 0 Å². The molecule has 1 aromatic carbocycles. The molecule has 0 bridgehead atoms. The third-order valence-corrected chi connectivity index (χ3v) is 3.44. The van der Waals surface area contributed by atoms with E-state index in [1.807, 2.05) is 6.92 Å². The van der Waals surface area contributed by atoms with Gasteiger partial charge in [0.25, 0.3) is 0 Å². The van der Waals surface area contributed by atoms with E-state index in [0.717, 1.165) is 12.1 Å². The zero-order chi connectivity index (χ0) is 14.0.